The average molecular weight is 255 g/mol. The second-order valence-electron chi connectivity index (χ2n) is 4.21. The Morgan fingerprint density at radius 3 is 2.93 bits per heavy atom. The Labute approximate surface area is 93.6 Å². The Morgan fingerprint density at radius 1 is 1.43 bits per heavy atom. The number of benzene rings is 1. The zero-order valence-electron chi connectivity index (χ0n) is 8.59. The molecule has 0 aromatic heterocycles. The van der Waals surface area contributed by atoms with E-state index in [1.54, 1.807) is 0 Å². The van der Waals surface area contributed by atoms with E-state index in [4.69, 9.17) is 4.74 Å². The van der Waals surface area contributed by atoms with Crippen molar-refractivity contribution in [3.05, 3.63) is 33.8 Å². The Kier molecular flexibility index (Phi) is 2.93. The lowest BCUT2D eigenvalue weighted by atomic mass is 9.85. The SMILES string of the molecule is CC(C)C1COCc2cc(Br)ccc21. The molecule has 1 nitrogen and oxygen atoms in total. The van der Waals surface area contributed by atoms with Gasteiger partial charge in [0.25, 0.3) is 0 Å². The Morgan fingerprint density at radius 2 is 2.21 bits per heavy atom. The number of fused-ring (bicyclic) bond motifs is 1. The van der Waals surface area contributed by atoms with Gasteiger partial charge in [0.1, 0.15) is 0 Å². The van der Waals surface area contributed by atoms with Crippen LogP contribution in [0.5, 0.6) is 0 Å². The lowest BCUT2D eigenvalue weighted by Crippen LogP contribution is -2.20. The van der Waals surface area contributed by atoms with Crippen LogP contribution in [0, 0.1) is 5.92 Å². The standard InChI is InChI=1S/C12H15BrO/c1-8(2)12-7-14-6-9-5-10(13)3-4-11(9)12/h3-5,8,12H,6-7H2,1-2H3. The summed E-state index contributed by atoms with van der Waals surface area (Å²) in [5, 5.41) is 0. The fourth-order valence-corrected chi connectivity index (χ4v) is 2.41. The van der Waals surface area contributed by atoms with Crippen molar-refractivity contribution in [1.82, 2.24) is 0 Å². The predicted octanol–water partition coefficient (Wildman–Crippen LogP) is 3.72. The van der Waals surface area contributed by atoms with Gasteiger partial charge < -0.3 is 4.74 Å². The van der Waals surface area contributed by atoms with E-state index in [1.807, 2.05) is 0 Å². The highest BCUT2D eigenvalue weighted by atomic mass is 79.9. The van der Waals surface area contributed by atoms with Gasteiger partial charge in [-0.15, -0.1) is 0 Å². The molecule has 76 valence electrons. The molecule has 1 aromatic rings. The van der Waals surface area contributed by atoms with Crippen molar-refractivity contribution in [3.63, 3.8) is 0 Å². The fourth-order valence-electron chi connectivity index (χ4n) is 2.00. The zero-order valence-corrected chi connectivity index (χ0v) is 10.2. The summed E-state index contributed by atoms with van der Waals surface area (Å²) in [7, 11) is 0. The molecule has 0 aliphatic carbocycles. The van der Waals surface area contributed by atoms with E-state index in [9.17, 15) is 0 Å². The molecule has 0 N–H and O–H groups in total. The first-order valence-electron chi connectivity index (χ1n) is 5.04. The first-order valence-corrected chi connectivity index (χ1v) is 5.84. The van der Waals surface area contributed by atoms with Gasteiger partial charge in [-0.3, -0.25) is 0 Å². The van der Waals surface area contributed by atoms with Crippen LogP contribution in [0.25, 0.3) is 0 Å². The number of hydrogen-bond acceptors (Lipinski definition) is 1. The third-order valence-electron chi connectivity index (χ3n) is 2.86. The summed E-state index contributed by atoms with van der Waals surface area (Å²) in [4.78, 5) is 0. The third kappa shape index (κ3) is 1.86. The van der Waals surface area contributed by atoms with Gasteiger partial charge >= 0.3 is 0 Å². The van der Waals surface area contributed by atoms with E-state index in [2.05, 4.69) is 48.0 Å². The quantitative estimate of drug-likeness (QED) is 0.743. The van der Waals surface area contributed by atoms with Crippen LogP contribution in [0.15, 0.2) is 22.7 Å². The normalized spacial score (nSPS) is 21.0. The number of rotatable bonds is 1. The minimum Gasteiger partial charge on any atom is -0.376 e. The van der Waals surface area contributed by atoms with Gasteiger partial charge in [0.05, 0.1) is 13.2 Å². The van der Waals surface area contributed by atoms with Crippen molar-refractivity contribution in [1.29, 1.82) is 0 Å². The third-order valence-corrected chi connectivity index (χ3v) is 3.36. The molecule has 0 saturated carbocycles. The molecular formula is C12H15BrO. The summed E-state index contributed by atoms with van der Waals surface area (Å²) < 4.78 is 6.75. The smallest absolute Gasteiger partial charge is 0.0720 e. The van der Waals surface area contributed by atoms with Crippen molar-refractivity contribution in [2.45, 2.75) is 26.4 Å². The lowest BCUT2D eigenvalue weighted by molar-refractivity contribution is 0.0792. The number of halogens is 1. The Balaban J connectivity index is 2.40. The molecule has 0 amide bonds. The fraction of sp³-hybridized carbons (Fsp3) is 0.500. The number of ether oxygens (including phenoxy) is 1. The number of hydrogen-bond donors (Lipinski definition) is 0. The van der Waals surface area contributed by atoms with Crippen molar-refractivity contribution in [3.8, 4) is 0 Å². The highest BCUT2D eigenvalue weighted by Gasteiger charge is 2.23. The van der Waals surface area contributed by atoms with Crippen LogP contribution in [-0.2, 0) is 11.3 Å². The molecule has 0 spiro atoms. The zero-order chi connectivity index (χ0) is 10.1. The molecule has 0 fully saturated rings. The molecule has 1 aliphatic heterocycles. The molecule has 1 unspecified atom stereocenters. The topological polar surface area (TPSA) is 9.23 Å². The van der Waals surface area contributed by atoms with E-state index < -0.39 is 0 Å². The largest absolute Gasteiger partial charge is 0.376 e. The Bertz CT molecular complexity index is 333. The van der Waals surface area contributed by atoms with Gasteiger partial charge in [-0.25, -0.2) is 0 Å². The van der Waals surface area contributed by atoms with E-state index in [0.29, 0.717) is 11.8 Å². The van der Waals surface area contributed by atoms with E-state index >= 15 is 0 Å². The van der Waals surface area contributed by atoms with Gasteiger partial charge in [0, 0.05) is 10.4 Å². The van der Waals surface area contributed by atoms with Crippen LogP contribution in [-0.4, -0.2) is 6.61 Å². The maximum absolute atomic E-state index is 5.60. The van der Waals surface area contributed by atoms with E-state index in [-0.39, 0.29) is 0 Å². The van der Waals surface area contributed by atoms with Crippen molar-refractivity contribution in [2.24, 2.45) is 5.92 Å². The van der Waals surface area contributed by atoms with Gasteiger partial charge in [-0.2, -0.15) is 0 Å². The molecule has 0 saturated heterocycles. The molecule has 0 radical (unpaired) electrons. The lowest BCUT2D eigenvalue weighted by Gasteiger charge is -2.28. The molecule has 2 heteroatoms. The van der Waals surface area contributed by atoms with Crippen LogP contribution >= 0.6 is 15.9 Å². The van der Waals surface area contributed by atoms with Crippen LogP contribution in [0.4, 0.5) is 0 Å². The van der Waals surface area contributed by atoms with Crippen LogP contribution < -0.4 is 0 Å². The second-order valence-corrected chi connectivity index (χ2v) is 5.12. The van der Waals surface area contributed by atoms with E-state index in [0.717, 1.165) is 17.7 Å². The van der Waals surface area contributed by atoms with Crippen molar-refractivity contribution in [2.75, 3.05) is 6.61 Å². The van der Waals surface area contributed by atoms with Gasteiger partial charge in [-0.05, 0) is 29.2 Å². The van der Waals surface area contributed by atoms with Crippen molar-refractivity contribution >= 4 is 15.9 Å². The van der Waals surface area contributed by atoms with Crippen LogP contribution in [0.3, 0.4) is 0 Å². The average Bonchev–Trinajstić information content (AvgIpc) is 2.16. The molecule has 1 heterocycles. The summed E-state index contributed by atoms with van der Waals surface area (Å²) in [6.45, 7) is 6.14. The molecule has 1 aliphatic rings. The molecule has 1 aromatic carbocycles. The molecular weight excluding hydrogens is 240 g/mol. The van der Waals surface area contributed by atoms with Gasteiger partial charge in [0.15, 0.2) is 0 Å². The maximum Gasteiger partial charge on any atom is 0.0720 e. The maximum atomic E-state index is 5.60. The summed E-state index contributed by atoms with van der Waals surface area (Å²) in [6.07, 6.45) is 0. The highest BCUT2D eigenvalue weighted by Crippen LogP contribution is 2.33. The van der Waals surface area contributed by atoms with Gasteiger partial charge in [-0.1, -0.05) is 35.8 Å². The summed E-state index contributed by atoms with van der Waals surface area (Å²) in [6, 6.07) is 6.52. The van der Waals surface area contributed by atoms with Crippen molar-refractivity contribution < 1.29 is 4.74 Å². The molecule has 2 rings (SSSR count). The van der Waals surface area contributed by atoms with Crippen LogP contribution in [0.1, 0.15) is 30.9 Å². The van der Waals surface area contributed by atoms with E-state index in [1.165, 1.54) is 11.1 Å². The minimum absolute atomic E-state index is 0.562. The highest BCUT2D eigenvalue weighted by molar-refractivity contribution is 9.10. The predicted molar refractivity (Wildman–Crippen MR) is 61.4 cm³/mol. The molecule has 1 atom stereocenters. The minimum atomic E-state index is 0.562. The first-order chi connectivity index (χ1) is 6.68. The second kappa shape index (κ2) is 4.03. The molecule has 14 heavy (non-hydrogen) atoms. The molecule has 0 bridgehead atoms. The summed E-state index contributed by atoms with van der Waals surface area (Å²) >= 11 is 3.49. The monoisotopic (exact) mass is 254 g/mol. The first kappa shape index (κ1) is 10.2. The van der Waals surface area contributed by atoms with Gasteiger partial charge in [0.2, 0.25) is 0 Å². The summed E-state index contributed by atoms with van der Waals surface area (Å²) in [5.41, 5.74) is 2.80. The van der Waals surface area contributed by atoms with Crippen LogP contribution in [0.2, 0.25) is 0 Å². The summed E-state index contributed by atoms with van der Waals surface area (Å²) in [5.74, 6) is 1.21. The Hall–Kier alpha value is -0.340.